The first-order chi connectivity index (χ1) is 12.6. The highest BCUT2D eigenvalue weighted by atomic mass is 127. The van der Waals surface area contributed by atoms with Gasteiger partial charge in [-0.3, -0.25) is 4.99 Å². The Hall–Kier alpha value is -1.97. The fraction of sp³-hybridized carbons (Fsp3) is 0.474. The Balaban J connectivity index is 0.00000364. The summed E-state index contributed by atoms with van der Waals surface area (Å²) in [6.45, 7) is 7.43. The predicted octanol–water partition coefficient (Wildman–Crippen LogP) is 3.94. The van der Waals surface area contributed by atoms with Gasteiger partial charge in [-0.15, -0.1) is 24.0 Å². The first kappa shape index (κ1) is 23.1. The van der Waals surface area contributed by atoms with Crippen molar-refractivity contribution in [3.8, 4) is 11.5 Å². The molecule has 0 atom stereocenters. The molecule has 0 spiro atoms. The van der Waals surface area contributed by atoms with Crippen molar-refractivity contribution in [3.63, 3.8) is 0 Å². The minimum Gasteiger partial charge on any atom is -0.493 e. The van der Waals surface area contributed by atoms with Gasteiger partial charge in [-0.25, -0.2) is 0 Å². The van der Waals surface area contributed by atoms with Crippen LogP contribution in [0.5, 0.6) is 11.5 Å². The highest BCUT2D eigenvalue weighted by Crippen LogP contribution is 2.29. The predicted molar refractivity (Wildman–Crippen MR) is 119 cm³/mol. The SMILES string of the molecule is CCNC(=NCCCc1c(C)noc1C)Nc1ccc(OC)c(OC)c1.I. The van der Waals surface area contributed by atoms with Crippen LogP contribution < -0.4 is 20.1 Å². The lowest BCUT2D eigenvalue weighted by Crippen LogP contribution is -2.30. The molecule has 0 saturated heterocycles. The molecule has 0 fully saturated rings. The Bertz CT molecular complexity index is 727. The summed E-state index contributed by atoms with van der Waals surface area (Å²) in [5, 5.41) is 10.5. The van der Waals surface area contributed by atoms with Crippen LogP contribution in [0.2, 0.25) is 0 Å². The molecule has 1 aromatic heterocycles. The van der Waals surface area contributed by atoms with Gasteiger partial charge >= 0.3 is 0 Å². The number of ether oxygens (including phenoxy) is 2. The van der Waals surface area contributed by atoms with Gasteiger partial charge in [0.1, 0.15) is 5.76 Å². The highest BCUT2D eigenvalue weighted by molar-refractivity contribution is 14.0. The Labute approximate surface area is 177 Å². The molecule has 150 valence electrons. The van der Waals surface area contributed by atoms with Crippen molar-refractivity contribution < 1.29 is 14.0 Å². The Morgan fingerprint density at radius 1 is 1.19 bits per heavy atom. The topological polar surface area (TPSA) is 80.9 Å². The minimum absolute atomic E-state index is 0. The summed E-state index contributed by atoms with van der Waals surface area (Å²) in [5.74, 6) is 2.99. The fourth-order valence-electron chi connectivity index (χ4n) is 2.66. The van der Waals surface area contributed by atoms with Gasteiger partial charge in [-0.1, -0.05) is 5.16 Å². The molecule has 1 heterocycles. The van der Waals surface area contributed by atoms with Crippen LogP contribution in [0.3, 0.4) is 0 Å². The number of methoxy groups -OCH3 is 2. The molecule has 1 aromatic carbocycles. The number of hydrogen-bond acceptors (Lipinski definition) is 5. The van der Waals surface area contributed by atoms with Crippen molar-refractivity contribution in [3.05, 3.63) is 35.2 Å². The van der Waals surface area contributed by atoms with Crippen LogP contribution in [-0.4, -0.2) is 38.4 Å². The smallest absolute Gasteiger partial charge is 0.195 e. The lowest BCUT2D eigenvalue weighted by Gasteiger charge is -2.13. The molecular weight excluding hydrogens is 459 g/mol. The fourth-order valence-corrected chi connectivity index (χ4v) is 2.66. The summed E-state index contributed by atoms with van der Waals surface area (Å²) in [5.41, 5.74) is 3.02. The first-order valence-electron chi connectivity index (χ1n) is 8.78. The summed E-state index contributed by atoms with van der Waals surface area (Å²) in [6, 6.07) is 5.68. The van der Waals surface area contributed by atoms with Crippen LogP contribution >= 0.6 is 24.0 Å². The van der Waals surface area contributed by atoms with Gasteiger partial charge in [-0.2, -0.15) is 0 Å². The number of aromatic nitrogens is 1. The third-order valence-electron chi connectivity index (χ3n) is 4.03. The van der Waals surface area contributed by atoms with Gasteiger partial charge in [0.2, 0.25) is 0 Å². The van der Waals surface area contributed by atoms with Gasteiger partial charge in [-0.05, 0) is 45.7 Å². The number of nitrogens with one attached hydrogen (secondary N) is 2. The molecule has 27 heavy (non-hydrogen) atoms. The quantitative estimate of drug-likeness (QED) is 0.254. The number of hydrogen-bond donors (Lipinski definition) is 2. The molecule has 0 radical (unpaired) electrons. The van der Waals surface area contributed by atoms with Crippen LogP contribution in [0, 0.1) is 13.8 Å². The molecule has 2 rings (SSSR count). The molecule has 2 N–H and O–H groups in total. The molecule has 8 heteroatoms. The molecule has 0 saturated carbocycles. The molecule has 0 aliphatic rings. The van der Waals surface area contributed by atoms with Gasteiger partial charge < -0.3 is 24.6 Å². The molecule has 0 aliphatic heterocycles. The van der Waals surface area contributed by atoms with Crippen LogP contribution in [0.4, 0.5) is 5.69 Å². The minimum atomic E-state index is 0. The zero-order valence-corrected chi connectivity index (χ0v) is 18.9. The van der Waals surface area contributed by atoms with E-state index < -0.39 is 0 Å². The largest absolute Gasteiger partial charge is 0.493 e. The molecule has 7 nitrogen and oxygen atoms in total. The van der Waals surface area contributed by atoms with E-state index in [1.54, 1.807) is 14.2 Å². The van der Waals surface area contributed by atoms with Crippen molar-refractivity contribution >= 4 is 35.6 Å². The van der Waals surface area contributed by atoms with E-state index in [0.29, 0.717) is 18.0 Å². The Morgan fingerprint density at radius 2 is 1.93 bits per heavy atom. The standard InChI is InChI=1S/C19H28N4O3.HI/c1-6-20-19(21-11-7-8-16-13(2)23-26-14(16)3)22-15-9-10-17(24-4)18(12-15)25-5;/h9-10,12H,6-8,11H2,1-5H3,(H2,20,21,22);1H. The number of halogens is 1. The van der Waals surface area contributed by atoms with Gasteiger partial charge in [0, 0.05) is 30.4 Å². The van der Waals surface area contributed by atoms with Crippen LogP contribution in [0.15, 0.2) is 27.7 Å². The van der Waals surface area contributed by atoms with E-state index in [1.807, 2.05) is 39.0 Å². The summed E-state index contributed by atoms with van der Waals surface area (Å²) in [7, 11) is 3.24. The number of aryl methyl sites for hydroxylation is 2. The number of aliphatic imine (C=N–C) groups is 1. The third kappa shape index (κ3) is 6.60. The van der Waals surface area contributed by atoms with Gasteiger partial charge in [0.05, 0.1) is 19.9 Å². The summed E-state index contributed by atoms with van der Waals surface area (Å²) >= 11 is 0. The molecule has 0 unspecified atom stereocenters. The normalized spacial score (nSPS) is 10.9. The van der Waals surface area contributed by atoms with Crippen molar-refractivity contribution in [1.82, 2.24) is 10.5 Å². The van der Waals surface area contributed by atoms with E-state index in [-0.39, 0.29) is 24.0 Å². The number of anilines is 1. The number of nitrogens with zero attached hydrogens (tertiary/aromatic N) is 2. The van der Waals surface area contributed by atoms with E-state index in [1.165, 1.54) is 5.56 Å². The maximum absolute atomic E-state index is 5.34. The molecule has 0 aliphatic carbocycles. The van der Waals surface area contributed by atoms with E-state index in [0.717, 1.165) is 42.5 Å². The zero-order chi connectivity index (χ0) is 18.9. The third-order valence-corrected chi connectivity index (χ3v) is 4.03. The molecule has 0 bridgehead atoms. The van der Waals surface area contributed by atoms with E-state index in [4.69, 9.17) is 14.0 Å². The summed E-state index contributed by atoms with van der Waals surface area (Å²) in [6.07, 6.45) is 1.83. The molecular formula is C19H29IN4O3. The van der Waals surface area contributed by atoms with Crippen LogP contribution in [0.1, 0.15) is 30.4 Å². The lowest BCUT2D eigenvalue weighted by molar-refractivity contribution is 0.355. The highest BCUT2D eigenvalue weighted by Gasteiger charge is 2.09. The number of benzene rings is 1. The average molecular weight is 488 g/mol. The maximum Gasteiger partial charge on any atom is 0.195 e. The Morgan fingerprint density at radius 3 is 2.52 bits per heavy atom. The van der Waals surface area contributed by atoms with Crippen LogP contribution in [-0.2, 0) is 6.42 Å². The van der Waals surface area contributed by atoms with Gasteiger partial charge in [0.25, 0.3) is 0 Å². The van der Waals surface area contributed by atoms with Crippen molar-refractivity contribution in [1.29, 1.82) is 0 Å². The van der Waals surface area contributed by atoms with Crippen molar-refractivity contribution in [2.45, 2.75) is 33.6 Å². The monoisotopic (exact) mass is 488 g/mol. The summed E-state index contributed by atoms with van der Waals surface area (Å²) in [4.78, 5) is 4.64. The molecule has 2 aromatic rings. The lowest BCUT2D eigenvalue weighted by atomic mass is 10.1. The van der Waals surface area contributed by atoms with Crippen molar-refractivity contribution in [2.75, 3.05) is 32.6 Å². The van der Waals surface area contributed by atoms with Gasteiger partial charge in [0.15, 0.2) is 17.5 Å². The zero-order valence-electron chi connectivity index (χ0n) is 16.6. The van der Waals surface area contributed by atoms with Crippen LogP contribution in [0.25, 0.3) is 0 Å². The molecule has 0 amide bonds. The maximum atomic E-state index is 5.34. The number of rotatable bonds is 8. The van der Waals surface area contributed by atoms with Crippen molar-refractivity contribution in [2.24, 2.45) is 4.99 Å². The average Bonchev–Trinajstić information content (AvgIpc) is 2.96. The second-order valence-electron chi connectivity index (χ2n) is 5.86. The summed E-state index contributed by atoms with van der Waals surface area (Å²) < 4.78 is 15.8. The second kappa shape index (κ2) is 11.7. The second-order valence-corrected chi connectivity index (χ2v) is 5.86. The van der Waals surface area contributed by atoms with E-state index in [9.17, 15) is 0 Å². The Kier molecular flexibility index (Phi) is 9.98. The first-order valence-corrected chi connectivity index (χ1v) is 8.78. The van der Waals surface area contributed by atoms with E-state index in [2.05, 4.69) is 20.8 Å². The van der Waals surface area contributed by atoms with E-state index >= 15 is 0 Å². The number of guanidine groups is 1.